The molecule has 0 spiro atoms. The van der Waals surface area contributed by atoms with E-state index in [4.69, 9.17) is 22.2 Å². The summed E-state index contributed by atoms with van der Waals surface area (Å²) in [5, 5.41) is 0.424. The average molecular weight is 257 g/mol. The summed E-state index contributed by atoms with van der Waals surface area (Å²) < 4.78 is 5.83. The van der Waals surface area contributed by atoms with Gasteiger partial charge in [-0.2, -0.15) is 4.98 Å². The Kier molecular flexibility index (Phi) is 4.39. The first kappa shape index (κ1) is 12.4. The molecular weight excluding hydrogens is 240 g/mol. The summed E-state index contributed by atoms with van der Waals surface area (Å²) in [6, 6.07) is 0. The van der Waals surface area contributed by atoms with Gasteiger partial charge in [-0.15, -0.1) is 0 Å². The van der Waals surface area contributed by atoms with Crippen LogP contribution < -0.4 is 16.0 Å². The largest absolute Gasteiger partial charge is 0.473 e. The zero-order valence-electron chi connectivity index (χ0n) is 9.66. The van der Waals surface area contributed by atoms with E-state index in [1.807, 2.05) is 0 Å². The van der Waals surface area contributed by atoms with Gasteiger partial charge in [0.05, 0.1) is 6.20 Å². The summed E-state index contributed by atoms with van der Waals surface area (Å²) in [5.74, 6) is 5.99. The lowest BCUT2D eigenvalue weighted by Crippen LogP contribution is -2.17. The second kappa shape index (κ2) is 6.02. The summed E-state index contributed by atoms with van der Waals surface area (Å²) in [7, 11) is 0. The number of ether oxygens (including phenoxy) is 1. The number of nitrogens with one attached hydrogen (secondary N) is 1. The Morgan fingerprint density at radius 2 is 2.00 bits per heavy atom. The molecule has 0 bridgehead atoms. The van der Waals surface area contributed by atoms with E-state index in [-0.39, 0.29) is 6.10 Å². The molecule has 5 nitrogen and oxygen atoms in total. The maximum absolute atomic E-state index is 5.99. The van der Waals surface area contributed by atoms with Gasteiger partial charge in [-0.25, -0.2) is 10.8 Å². The van der Waals surface area contributed by atoms with Crippen LogP contribution in [0.25, 0.3) is 0 Å². The first-order chi connectivity index (χ1) is 8.29. The Morgan fingerprint density at radius 3 is 2.65 bits per heavy atom. The molecule has 1 saturated carbocycles. The SMILES string of the molecule is NNc1ncc(Cl)c(OC2CCCCCC2)n1. The number of rotatable bonds is 3. The van der Waals surface area contributed by atoms with E-state index in [2.05, 4.69) is 15.4 Å². The number of hydrogen-bond donors (Lipinski definition) is 2. The molecule has 94 valence electrons. The Bertz CT molecular complexity index is 366. The third-order valence-corrected chi connectivity index (χ3v) is 3.18. The fraction of sp³-hybridized carbons (Fsp3) is 0.636. The number of halogens is 1. The van der Waals surface area contributed by atoms with E-state index in [1.165, 1.54) is 31.9 Å². The fourth-order valence-electron chi connectivity index (χ4n) is 2.02. The van der Waals surface area contributed by atoms with Crippen molar-refractivity contribution in [2.75, 3.05) is 5.43 Å². The number of aromatic nitrogens is 2. The van der Waals surface area contributed by atoms with E-state index in [1.54, 1.807) is 0 Å². The highest BCUT2D eigenvalue weighted by Crippen LogP contribution is 2.27. The van der Waals surface area contributed by atoms with Gasteiger partial charge in [-0.05, 0) is 25.7 Å². The van der Waals surface area contributed by atoms with Crippen molar-refractivity contribution in [1.29, 1.82) is 0 Å². The van der Waals surface area contributed by atoms with Gasteiger partial charge in [0.1, 0.15) is 11.1 Å². The third kappa shape index (κ3) is 3.44. The lowest BCUT2D eigenvalue weighted by atomic mass is 10.1. The minimum absolute atomic E-state index is 0.204. The summed E-state index contributed by atoms with van der Waals surface area (Å²) >= 11 is 5.99. The first-order valence-electron chi connectivity index (χ1n) is 5.95. The summed E-state index contributed by atoms with van der Waals surface area (Å²) in [6.45, 7) is 0. The molecule has 1 aliphatic rings. The van der Waals surface area contributed by atoms with Crippen LogP contribution in [0.5, 0.6) is 5.88 Å². The number of nitrogen functional groups attached to an aromatic ring is 1. The lowest BCUT2D eigenvalue weighted by Gasteiger charge is -2.17. The lowest BCUT2D eigenvalue weighted by molar-refractivity contribution is 0.176. The molecule has 1 aromatic heterocycles. The summed E-state index contributed by atoms with van der Waals surface area (Å²) in [6.07, 6.45) is 8.80. The molecule has 17 heavy (non-hydrogen) atoms. The molecule has 0 amide bonds. The fourth-order valence-corrected chi connectivity index (χ4v) is 2.16. The Balaban J connectivity index is 2.05. The van der Waals surface area contributed by atoms with Crippen LogP contribution in [0.15, 0.2) is 6.20 Å². The maximum atomic E-state index is 5.99. The van der Waals surface area contributed by atoms with Gasteiger partial charge < -0.3 is 4.74 Å². The smallest absolute Gasteiger partial charge is 0.240 e. The second-order valence-corrected chi connectivity index (χ2v) is 4.63. The number of hydrogen-bond acceptors (Lipinski definition) is 5. The molecule has 0 radical (unpaired) electrons. The van der Waals surface area contributed by atoms with Gasteiger partial charge in [0.25, 0.3) is 0 Å². The Hall–Kier alpha value is -1.07. The Morgan fingerprint density at radius 1 is 1.29 bits per heavy atom. The Labute approximate surface area is 106 Å². The van der Waals surface area contributed by atoms with Crippen molar-refractivity contribution in [3.05, 3.63) is 11.2 Å². The first-order valence-corrected chi connectivity index (χ1v) is 6.33. The minimum atomic E-state index is 0.204. The highest BCUT2D eigenvalue weighted by Gasteiger charge is 2.16. The zero-order chi connectivity index (χ0) is 12.1. The number of nitrogens with two attached hydrogens (primary N) is 1. The zero-order valence-corrected chi connectivity index (χ0v) is 10.4. The molecule has 0 aliphatic heterocycles. The molecule has 1 fully saturated rings. The van der Waals surface area contributed by atoms with E-state index in [0.29, 0.717) is 16.9 Å². The van der Waals surface area contributed by atoms with Crippen LogP contribution in [0, 0.1) is 0 Å². The summed E-state index contributed by atoms with van der Waals surface area (Å²) in [4.78, 5) is 8.02. The molecule has 0 unspecified atom stereocenters. The third-order valence-electron chi connectivity index (χ3n) is 2.92. The van der Waals surface area contributed by atoms with Crippen LogP contribution in [0.2, 0.25) is 5.02 Å². The van der Waals surface area contributed by atoms with Gasteiger partial charge in [-0.3, -0.25) is 5.43 Å². The van der Waals surface area contributed by atoms with Crippen LogP contribution in [-0.4, -0.2) is 16.1 Å². The highest BCUT2D eigenvalue weighted by atomic mass is 35.5. The van der Waals surface area contributed by atoms with Crippen molar-refractivity contribution in [3.63, 3.8) is 0 Å². The van der Waals surface area contributed by atoms with E-state index < -0.39 is 0 Å². The van der Waals surface area contributed by atoms with E-state index in [0.717, 1.165) is 12.8 Å². The van der Waals surface area contributed by atoms with Crippen LogP contribution in [0.1, 0.15) is 38.5 Å². The maximum Gasteiger partial charge on any atom is 0.240 e. The molecule has 1 heterocycles. The van der Waals surface area contributed by atoms with Crippen molar-refractivity contribution >= 4 is 17.5 Å². The van der Waals surface area contributed by atoms with Gasteiger partial charge in [0.15, 0.2) is 0 Å². The van der Waals surface area contributed by atoms with E-state index >= 15 is 0 Å². The van der Waals surface area contributed by atoms with Crippen LogP contribution >= 0.6 is 11.6 Å². The predicted octanol–water partition coefficient (Wildman–Crippen LogP) is 2.52. The molecule has 1 aromatic rings. The summed E-state index contributed by atoms with van der Waals surface area (Å²) in [5.41, 5.74) is 2.38. The number of anilines is 1. The van der Waals surface area contributed by atoms with Gasteiger partial charge >= 0.3 is 0 Å². The number of nitrogens with zero attached hydrogens (tertiary/aromatic N) is 2. The van der Waals surface area contributed by atoms with Crippen LogP contribution in [0.4, 0.5) is 5.95 Å². The monoisotopic (exact) mass is 256 g/mol. The second-order valence-electron chi connectivity index (χ2n) is 4.22. The number of hydrazine groups is 1. The van der Waals surface area contributed by atoms with Crippen molar-refractivity contribution in [2.24, 2.45) is 5.84 Å². The minimum Gasteiger partial charge on any atom is -0.473 e. The van der Waals surface area contributed by atoms with E-state index in [9.17, 15) is 0 Å². The molecule has 6 heteroatoms. The van der Waals surface area contributed by atoms with Crippen molar-refractivity contribution < 1.29 is 4.74 Å². The molecule has 0 saturated heterocycles. The quantitative estimate of drug-likeness (QED) is 0.494. The molecule has 0 atom stereocenters. The van der Waals surface area contributed by atoms with Gasteiger partial charge in [0, 0.05) is 0 Å². The molecule has 3 N–H and O–H groups in total. The molecule has 0 aromatic carbocycles. The highest BCUT2D eigenvalue weighted by molar-refractivity contribution is 6.31. The molecule has 1 aliphatic carbocycles. The van der Waals surface area contributed by atoms with Crippen molar-refractivity contribution in [1.82, 2.24) is 9.97 Å². The van der Waals surface area contributed by atoms with Crippen LogP contribution in [-0.2, 0) is 0 Å². The standard InChI is InChI=1S/C11H17ClN4O/c12-9-7-14-11(16-13)15-10(9)17-8-5-3-1-2-4-6-8/h7-8H,1-6,13H2,(H,14,15,16). The average Bonchev–Trinajstić information content (AvgIpc) is 2.60. The van der Waals surface area contributed by atoms with Crippen molar-refractivity contribution in [3.8, 4) is 5.88 Å². The van der Waals surface area contributed by atoms with Gasteiger partial charge in [-0.1, -0.05) is 24.4 Å². The van der Waals surface area contributed by atoms with Crippen molar-refractivity contribution in [2.45, 2.75) is 44.6 Å². The van der Waals surface area contributed by atoms with Crippen LogP contribution in [0.3, 0.4) is 0 Å². The molecular formula is C11H17ClN4O. The molecule has 2 rings (SSSR count). The van der Waals surface area contributed by atoms with Gasteiger partial charge in [0.2, 0.25) is 11.8 Å². The normalized spacial score (nSPS) is 17.5. The predicted molar refractivity (Wildman–Crippen MR) is 67.0 cm³/mol. The topological polar surface area (TPSA) is 73.1 Å².